The van der Waals surface area contributed by atoms with Crippen molar-refractivity contribution in [3.8, 4) is 0 Å². The Bertz CT molecular complexity index is 954. The molecule has 1 fully saturated rings. The topological polar surface area (TPSA) is 85.9 Å². The van der Waals surface area contributed by atoms with E-state index in [-0.39, 0.29) is 23.9 Å². The second kappa shape index (κ2) is 8.51. The van der Waals surface area contributed by atoms with Gasteiger partial charge in [0.05, 0.1) is 5.39 Å². The number of hydrogen-bond donors (Lipinski definition) is 3. The Hall–Kier alpha value is -3.09. The predicted octanol–water partition coefficient (Wildman–Crippen LogP) is 3.18. The number of rotatable bonds is 6. The third-order valence-electron chi connectivity index (χ3n) is 5.45. The number of fused-ring (bicyclic) bond motifs is 1. The lowest BCUT2D eigenvalue weighted by Gasteiger charge is -2.35. The van der Waals surface area contributed by atoms with Crippen molar-refractivity contribution in [2.45, 2.75) is 38.8 Å². The van der Waals surface area contributed by atoms with E-state index in [1.54, 1.807) is 6.33 Å². The van der Waals surface area contributed by atoms with Gasteiger partial charge in [-0.1, -0.05) is 32.0 Å². The Kier molecular flexibility index (Phi) is 5.64. The number of para-hydroxylation sites is 1. The average molecular weight is 393 g/mol. The lowest BCUT2D eigenvalue weighted by molar-refractivity contribution is -0.123. The zero-order valence-electron chi connectivity index (χ0n) is 16.9. The zero-order valence-corrected chi connectivity index (χ0v) is 16.9. The van der Waals surface area contributed by atoms with Gasteiger partial charge in [0.25, 0.3) is 0 Å². The van der Waals surface area contributed by atoms with Gasteiger partial charge in [-0.25, -0.2) is 9.97 Å². The molecule has 0 spiro atoms. The van der Waals surface area contributed by atoms with Gasteiger partial charge in [-0.15, -0.1) is 0 Å². The van der Waals surface area contributed by atoms with Crippen molar-refractivity contribution in [1.29, 1.82) is 0 Å². The predicted molar refractivity (Wildman–Crippen MR) is 116 cm³/mol. The summed E-state index contributed by atoms with van der Waals surface area (Å²) < 4.78 is 0. The van der Waals surface area contributed by atoms with Crippen LogP contribution in [0.1, 0.15) is 26.7 Å². The molecule has 152 valence electrons. The highest BCUT2D eigenvalue weighted by Crippen LogP contribution is 2.25. The first-order valence-electron chi connectivity index (χ1n) is 10.3. The summed E-state index contributed by atoms with van der Waals surface area (Å²) in [4.78, 5) is 27.2. The minimum Gasteiger partial charge on any atom is -0.373 e. The van der Waals surface area contributed by atoms with Crippen LogP contribution in [0.5, 0.6) is 0 Å². The number of carbonyl (C=O) groups excluding carboxylic acids is 1. The number of hydrogen-bond acceptors (Lipinski definition) is 5. The Morgan fingerprint density at radius 1 is 1.21 bits per heavy atom. The van der Waals surface area contributed by atoms with Gasteiger partial charge in [0.15, 0.2) is 0 Å². The fraction of sp³-hybridized carbons (Fsp3) is 0.409. The van der Waals surface area contributed by atoms with E-state index in [1.807, 2.05) is 42.6 Å². The summed E-state index contributed by atoms with van der Waals surface area (Å²) in [6, 6.07) is 11.7. The standard InChI is InChI=1S/C22H28N6O/c1-15(2)19(26-16-7-4-3-5-8-16)22(29)27-17-9-6-12-28(13-17)21-18-10-11-23-20(18)24-14-25-21/h3-5,7-8,10-11,14-15,17,19,26H,6,9,12-13H2,1-2H3,(H,27,29)(H,23,24,25)/t17?,19-/m1/s1. The van der Waals surface area contributed by atoms with Crippen LogP contribution in [0, 0.1) is 5.92 Å². The normalized spacial score (nSPS) is 18.0. The molecule has 1 aromatic carbocycles. The number of nitrogens with zero attached hydrogens (tertiary/aromatic N) is 3. The molecule has 1 aliphatic heterocycles. The molecule has 1 unspecified atom stereocenters. The van der Waals surface area contributed by atoms with Crippen LogP contribution in [-0.4, -0.2) is 46.0 Å². The maximum Gasteiger partial charge on any atom is 0.243 e. The molecule has 0 radical (unpaired) electrons. The average Bonchev–Trinajstić information content (AvgIpc) is 3.21. The molecule has 29 heavy (non-hydrogen) atoms. The molecule has 1 saturated heterocycles. The number of nitrogens with one attached hydrogen (secondary N) is 3. The van der Waals surface area contributed by atoms with Crippen molar-refractivity contribution in [1.82, 2.24) is 20.3 Å². The number of benzene rings is 1. The van der Waals surface area contributed by atoms with Crippen LogP contribution in [0.2, 0.25) is 0 Å². The molecular weight excluding hydrogens is 364 g/mol. The van der Waals surface area contributed by atoms with Crippen LogP contribution < -0.4 is 15.5 Å². The van der Waals surface area contributed by atoms with Crippen LogP contribution >= 0.6 is 0 Å². The SMILES string of the molecule is CC(C)[C@@H](Nc1ccccc1)C(=O)NC1CCCN(c2ncnc3[nH]ccc23)C1. The minimum atomic E-state index is -0.275. The Labute approximate surface area is 170 Å². The van der Waals surface area contributed by atoms with Gasteiger partial charge >= 0.3 is 0 Å². The van der Waals surface area contributed by atoms with Crippen molar-refractivity contribution in [2.75, 3.05) is 23.3 Å². The van der Waals surface area contributed by atoms with Crippen molar-refractivity contribution in [3.05, 3.63) is 48.9 Å². The van der Waals surface area contributed by atoms with Crippen LogP contribution in [0.25, 0.3) is 11.0 Å². The van der Waals surface area contributed by atoms with Gasteiger partial charge in [-0.3, -0.25) is 4.79 Å². The van der Waals surface area contributed by atoms with E-state index in [1.165, 1.54) is 0 Å². The molecule has 3 aromatic rings. The highest BCUT2D eigenvalue weighted by atomic mass is 16.2. The van der Waals surface area contributed by atoms with Gasteiger partial charge in [0.1, 0.15) is 23.8 Å². The number of H-pyrrole nitrogens is 1. The van der Waals surface area contributed by atoms with Crippen LogP contribution in [0.15, 0.2) is 48.9 Å². The van der Waals surface area contributed by atoms with E-state index in [2.05, 4.69) is 44.3 Å². The number of piperidine rings is 1. The molecule has 3 N–H and O–H groups in total. The maximum absolute atomic E-state index is 13.0. The molecule has 1 aliphatic rings. The first-order valence-corrected chi connectivity index (χ1v) is 10.3. The summed E-state index contributed by atoms with van der Waals surface area (Å²) in [6.07, 6.45) is 5.46. The molecule has 2 atom stereocenters. The third kappa shape index (κ3) is 4.34. The van der Waals surface area contributed by atoms with Crippen molar-refractivity contribution < 1.29 is 4.79 Å². The molecule has 0 aliphatic carbocycles. The number of anilines is 2. The van der Waals surface area contributed by atoms with E-state index >= 15 is 0 Å². The fourth-order valence-corrected chi connectivity index (χ4v) is 3.94. The first-order chi connectivity index (χ1) is 14.1. The van der Waals surface area contributed by atoms with Gasteiger partial charge in [-0.05, 0) is 37.0 Å². The highest BCUT2D eigenvalue weighted by Gasteiger charge is 2.28. The second-order valence-electron chi connectivity index (χ2n) is 7.96. The molecule has 0 saturated carbocycles. The van der Waals surface area contributed by atoms with Crippen molar-refractivity contribution in [3.63, 3.8) is 0 Å². The van der Waals surface area contributed by atoms with Crippen molar-refractivity contribution in [2.24, 2.45) is 5.92 Å². The first kappa shape index (κ1) is 19.2. The van der Waals surface area contributed by atoms with E-state index in [0.717, 1.165) is 48.5 Å². The minimum absolute atomic E-state index is 0.0465. The summed E-state index contributed by atoms with van der Waals surface area (Å²) in [5, 5.41) is 7.67. The highest BCUT2D eigenvalue weighted by molar-refractivity contribution is 5.87. The van der Waals surface area contributed by atoms with Crippen LogP contribution in [-0.2, 0) is 4.79 Å². The molecule has 2 aromatic heterocycles. The largest absolute Gasteiger partial charge is 0.373 e. The smallest absolute Gasteiger partial charge is 0.243 e. The van der Waals surface area contributed by atoms with E-state index in [4.69, 9.17) is 0 Å². The van der Waals surface area contributed by atoms with Crippen LogP contribution in [0.3, 0.4) is 0 Å². The van der Waals surface area contributed by atoms with Crippen molar-refractivity contribution >= 4 is 28.4 Å². The lowest BCUT2D eigenvalue weighted by Crippen LogP contribution is -2.52. The summed E-state index contributed by atoms with van der Waals surface area (Å²) in [6.45, 7) is 5.81. The molecule has 7 heteroatoms. The summed E-state index contributed by atoms with van der Waals surface area (Å²) in [5.74, 6) is 1.15. The molecule has 3 heterocycles. The molecule has 0 bridgehead atoms. The number of aromatic nitrogens is 3. The molecule has 1 amide bonds. The number of aromatic amines is 1. The van der Waals surface area contributed by atoms with Gasteiger partial charge < -0.3 is 20.5 Å². The Balaban J connectivity index is 1.44. The molecular formula is C22H28N6O. The monoisotopic (exact) mass is 392 g/mol. The van der Waals surface area contributed by atoms with Gasteiger partial charge in [0, 0.05) is 31.0 Å². The van der Waals surface area contributed by atoms with E-state index < -0.39 is 0 Å². The fourth-order valence-electron chi connectivity index (χ4n) is 3.94. The quantitative estimate of drug-likeness (QED) is 0.600. The van der Waals surface area contributed by atoms with E-state index in [9.17, 15) is 4.79 Å². The summed E-state index contributed by atoms with van der Waals surface area (Å²) >= 11 is 0. The Morgan fingerprint density at radius 2 is 2.03 bits per heavy atom. The maximum atomic E-state index is 13.0. The van der Waals surface area contributed by atoms with Gasteiger partial charge in [-0.2, -0.15) is 0 Å². The lowest BCUT2D eigenvalue weighted by atomic mass is 10.0. The Morgan fingerprint density at radius 3 is 2.83 bits per heavy atom. The zero-order chi connectivity index (χ0) is 20.2. The molecule has 7 nitrogen and oxygen atoms in total. The summed E-state index contributed by atoms with van der Waals surface area (Å²) in [7, 11) is 0. The number of carbonyl (C=O) groups is 1. The van der Waals surface area contributed by atoms with Gasteiger partial charge in [0.2, 0.25) is 5.91 Å². The van der Waals surface area contributed by atoms with E-state index in [0.29, 0.717) is 0 Å². The summed E-state index contributed by atoms with van der Waals surface area (Å²) in [5.41, 5.74) is 1.80. The number of amides is 1. The van der Waals surface area contributed by atoms with Crippen LogP contribution in [0.4, 0.5) is 11.5 Å². The third-order valence-corrected chi connectivity index (χ3v) is 5.45. The second-order valence-corrected chi connectivity index (χ2v) is 7.96. The molecule has 4 rings (SSSR count).